The van der Waals surface area contributed by atoms with E-state index in [1.54, 1.807) is 12.4 Å². The molecule has 1 amide bonds. The first-order valence-electron chi connectivity index (χ1n) is 8.88. The lowest BCUT2D eigenvalue weighted by Crippen LogP contribution is -2.36. The number of morpholine rings is 1. The maximum Gasteiger partial charge on any atom is 0.253 e. The highest BCUT2D eigenvalue weighted by molar-refractivity contribution is 6.05. The third-order valence-electron chi connectivity index (χ3n) is 4.81. The van der Waals surface area contributed by atoms with E-state index in [9.17, 15) is 4.79 Å². The molecule has 6 heteroatoms. The molecule has 1 saturated heterocycles. The van der Waals surface area contributed by atoms with Crippen LogP contribution < -0.4 is 10.2 Å². The molecule has 6 nitrogen and oxygen atoms in total. The number of aromatic amines is 1. The molecule has 1 aliphatic heterocycles. The van der Waals surface area contributed by atoms with E-state index >= 15 is 0 Å². The molecule has 0 saturated carbocycles. The fraction of sp³-hybridized carbons (Fsp3) is 0.300. The van der Waals surface area contributed by atoms with Gasteiger partial charge in [-0.05, 0) is 36.8 Å². The van der Waals surface area contributed by atoms with Crippen LogP contribution in [-0.2, 0) is 4.74 Å². The molecule has 26 heavy (non-hydrogen) atoms. The molecule has 1 aliphatic rings. The Labute approximate surface area is 152 Å². The van der Waals surface area contributed by atoms with Crippen LogP contribution in [0.2, 0.25) is 0 Å². The average molecular weight is 350 g/mol. The van der Waals surface area contributed by atoms with Crippen molar-refractivity contribution in [2.24, 2.45) is 0 Å². The van der Waals surface area contributed by atoms with Gasteiger partial charge in [0.1, 0.15) is 5.65 Å². The summed E-state index contributed by atoms with van der Waals surface area (Å²) in [5, 5.41) is 3.90. The van der Waals surface area contributed by atoms with Crippen molar-refractivity contribution in [2.45, 2.75) is 13.0 Å². The number of anilines is 1. The van der Waals surface area contributed by atoms with Gasteiger partial charge in [-0.1, -0.05) is 12.1 Å². The maximum absolute atomic E-state index is 12.6. The summed E-state index contributed by atoms with van der Waals surface area (Å²) in [5.41, 5.74) is 3.61. The summed E-state index contributed by atoms with van der Waals surface area (Å²) in [7, 11) is 0. The molecular weight excluding hydrogens is 328 g/mol. The predicted molar refractivity (Wildman–Crippen MR) is 101 cm³/mol. The summed E-state index contributed by atoms with van der Waals surface area (Å²) in [5.74, 6) is -0.103. The molecule has 1 unspecified atom stereocenters. The molecule has 3 heterocycles. The smallest absolute Gasteiger partial charge is 0.253 e. The number of nitrogens with one attached hydrogen (secondary N) is 2. The molecule has 3 aromatic rings. The van der Waals surface area contributed by atoms with E-state index in [4.69, 9.17) is 4.74 Å². The fourth-order valence-corrected chi connectivity index (χ4v) is 3.30. The van der Waals surface area contributed by atoms with Crippen molar-refractivity contribution < 1.29 is 9.53 Å². The van der Waals surface area contributed by atoms with Crippen LogP contribution in [0.3, 0.4) is 0 Å². The Bertz CT molecular complexity index is 898. The summed E-state index contributed by atoms with van der Waals surface area (Å²) >= 11 is 0. The number of carbonyl (C=O) groups is 1. The molecule has 0 radical (unpaired) electrons. The van der Waals surface area contributed by atoms with E-state index in [1.165, 1.54) is 5.69 Å². The molecule has 0 aliphatic carbocycles. The number of carbonyl (C=O) groups excluding carboxylic acids is 1. The van der Waals surface area contributed by atoms with Crippen molar-refractivity contribution in [3.8, 4) is 0 Å². The van der Waals surface area contributed by atoms with E-state index in [0.29, 0.717) is 5.56 Å². The first kappa shape index (κ1) is 16.6. The zero-order valence-electron chi connectivity index (χ0n) is 14.7. The normalized spacial score (nSPS) is 15.8. The number of rotatable bonds is 4. The van der Waals surface area contributed by atoms with Crippen LogP contribution in [0.5, 0.6) is 0 Å². The van der Waals surface area contributed by atoms with E-state index in [-0.39, 0.29) is 11.9 Å². The van der Waals surface area contributed by atoms with E-state index in [1.807, 2.05) is 19.1 Å². The largest absolute Gasteiger partial charge is 0.378 e. The van der Waals surface area contributed by atoms with Crippen LogP contribution in [0.4, 0.5) is 5.69 Å². The zero-order chi connectivity index (χ0) is 17.9. The Morgan fingerprint density at radius 2 is 2.00 bits per heavy atom. The number of aromatic nitrogens is 2. The number of nitrogens with zero attached hydrogens (tertiary/aromatic N) is 2. The van der Waals surface area contributed by atoms with E-state index in [2.05, 4.69) is 44.5 Å². The van der Waals surface area contributed by atoms with Crippen LogP contribution in [0.1, 0.15) is 28.9 Å². The summed E-state index contributed by atoms with van der Waals surface area (Å²) < 4.78 is 5.40. The van der Waals surface area contributed by atoms with Crippen molar-refractivity contribution in [2.75, 3.05) is 31.2 Å². The van der Waals surface area contributed by atoms with Gasteiger partial charge >= 0.3 is 0 Å². The highest BCUT2D eigenvalue weighted by Gasteiger charge is 2.16. The van der Waals surface area contributed by atoms with Gasteiger partial charge in [-0.3, -0.25) is 4.79 Å². The fourth-order valence-electron chi connectivity index (χ4n) is 3.30. The Hall–Kier alpha value is -2.86. The van der Waals surface area contributed by atoms with Gasteiger partial charge in [0.25, 0.3) is 5.91 Å². The van der Waals surface area contributed by atoms with Crippen molar-refractivity contribution in [1.82, 2.24) is 15.3 Å². The van der Waals surface area contributed by atoms with Crippen LogP contribution in [0, 0.1) is 0 Å². The Morgan fingerprint density at radius 3 is 2.77 bits per heavy atom. The molecule has 134 valence electrons. The maximum atomic E-state index is 12.6. The molecule has 0 bridgehead atoms. The van der Waals surface area contributed by atoms with Gasteiger partial charge in [-0.25, -0.2) is 4.98 Å². The van der Waals surface area contributed by atoms with E-state index < -0.39 is 0 Å². The van der Waals surface area contributed by atoms with Crippen LogP contribution >= 0.6 is 0 Å². The van der Waals surface area contributed by atoms with Crippen LogP contribution in [0.15, 0.2) is 48.8 Å². The standard InChI is InChI=1S/C20H22N4O2/c1-14(15-4-6-16(7-5-15)24-9-11-26-12-10-24)23-20(25)18-13-22-19-17(18)3-2-8-21-19/h2-8,13-14H,9-12H2,1H3,(H,21,22)(H,23,25). The monoisotopic (exact) mass is 350 g/mol. The molecule has 1 aromatic carbocycles. The number of pyridine rings is 1. The van der Waals surface area contributed by atoms with Gasteiger partial charge in [-0.15, -0.1) is 0 Å². The molecule has 2 N–H and O–H groups in total. The SMILES string of the molecule is CC(NC(=O)c1c[nH]c2ncccc12)c1ccc(N2CCOCC2)cc1. The van der Waals surface area contributed by atoms with Crippen molar-refractivity contribution in [3.63, 3.8) is 0 Å². The Kier molecular flexibility index (Phi) is 4.58. The Morgan fingerprint density at radius 1 is 1.23 bits per heavy atom. The summed E-state index contributed by atoms with van der Waals surface area (Å²) in [4.78, 5) is 22.2. The number of fused-ring (bicyclic) bond motifs is 1. The van der Waals surface area contributed by atoms with Gasteiger partial charge in [0, 0.05) is 36.6 Å². The van der Waals surface area contributed by atoms with Gasteiger partial charge in [0.15, 0.2) is 0 Å². The molecule has 1 fully saturated rings. The van der Waals surface area contributed by atoms with Gasteiger partial charge in [0.05, 0.1) is 24.8 Å². The van der Waals surface area contributed by atoms with Gasteiger partial charge < -0.3 is 19.9 Å². The molecular formula is C20H22N4O2. The zero-order valence-corrected chi connectivity index (χ0v) is 14.7. The van der Waals surface area contributed by atoms with E-state index in [0.717, 1.165) is 42.9 Å². The number of hydrogen-bond acceptors (Lipinski definition) is 4. The minimum absolute atomic E-state index is 0.0807. The quantitative estimate of drug-likeness (QED) is 0.759. The lowest BCUT2D eigenvalue weighted by molar-refractivity contribution is 0.0941. The number of benzene rings is 1. The number of H-pyrrole nitrogens is 1. The second-order valence-electron chi connectivity index (χ2n) is 6.49. The van der Waals surface area contributed by atoms with Crippen LogP contribution in [0.25, 0.3) is 11.0 Å². The highest BCUT2D eigenvalue weighted by atomic mass is 16.5. The molecule has 0 spiro atoms. The minimum atomic E-state index is -0.103. The minimum Gasteiger partial charge on any atom is -0.378 e. The van der Waals surface area contributed by atoms with Crippen LogP contribution in [-0.4, -0.2) is 42.2 Å². The molecule has 4 rings (SSSR count). The van der Waals surface area contributed by atoms with Crippen molar-refractivity contribution in [3.05, 3.63) is 59.9 Å². The second-order valence-corrected chi connectivity index (χ2v) is 6.49. The third kappa shape index (κ3) is 3.28. The topological polar surface area (TPSA) is 70.2 Å². The summed E-state index contributed by atoms with van der Waals surface area (Å²) in [6.45, 7) is 5.37. The highest BCUT2D eigenvalue weighted by Crippen LogP contribution is 2.21. The van der Waals surface area contributed by atoms with Crippen molar-refractivity contribution >= 4 is 22.6 Å². The first-order valence-corrected chi connectivity index (χ1v) is 8.88. The number of amides is 1. The lowest BCUT2D eigenvalue weighted by atomic mass is 10.1. The second kappa shape index (κ2) is 7.17. The summed E-state index contributed by atoms with van der Waals surface area (Å²) in [6.07, 6.45) is 3.42. The summed E-state index contributed by atoms with van der Waals surface area (Å²) in [6, 6.07) is 12.0. The number of hydrogen-bond donors (Lipinski definition) is 2. The average Bonchev–Trinajstić information content (AvgIpc) is 3.13. The molecule has 1 atom stereocenters. The lowest BCUT2D eigenvalue weighted by Gasteiger charge is -2.29. The Balaban J connectivity index is 1.45. The predicted octanol–water partition coefficient (Wildman–Crippen LogP) is 2.89. The van der Waals surface area contributed by atoms with Gasteiger partial charge in [-0.2, -0.15) is 0 Å². The molecule has 2 aromatic heterocycles. The number of ether oxygens (including phenoxy) is 1. The van der Waals surface area contributed by atoms with Gasteiger partial charge in [0.2, 0.25) is 0 Å². The first-order chi connectivity index (χ1) is 12.7. The third-order valence-corrected chi connectivity index (χ3v) is 4.81. The van der Waals surface area contributed by atoms with Crippen molar-refractivity contribution in [1.29, 1.82) is 0 Å².